The smallest absolute Gasteiger partial charge is 0.331 e. The van der Waals surface area contributed by atoms with Gasteiger partial charge >= 0.3 is 5.97 Å². The van der Waals surface area contributed by atoms with Gasteiger partial charge in [0.2, 0.25) is 0 Å². The molecule has 0 aromatic rings. The quantitative estimate of drug-likeness (QED) is 0.485. The van der Waals surface area contributed by atoms with E-state index < -0.39 is 0 Å². The molecule has 0 spiro atoms. The fourth-order valence-corrected chi connectivity index (χ4v) is 9.10. The number of fused-ring (bicyclic) bond motifs is 5. The van der Waals surface area contributed by atoms with E-state index in [-0.39, 0.29) is 16.5 Å². The van der Waals surface area contributed by atoms with E-state index in [1.807, 2.05) is 0 Å². The maximum atomic E-state index is 12.2. The molecule has 160 valence electrons. The topological polar surface area (TPSA) is 43.4 Å². The standard InChI is InChI=1S/C25H36O3S/c1-15(26)25(29)11-10-23(2)17(13-25)4-5-18-20-7-6-19(16-12-22(27)28-14-16)24(20,3)9-8-21(18)23/h12,17-21,29H,4-11,13-14H2,1-3H3/t17-,18+,19-,20+,21+,23+,24-,25-/m1/s1. The summed E-state index contributed by atoms with van der Waals surface area (Å²) in [7, 11) is 0. The molecule has 29 heavy (non-hydrogen) atoms. The lowest BCUT2D eigenvalue weighted by Crippen LogP contribution is -2.56. The van der Waals surface area contributed by atoms with Crippen molar-refractivity contribution in [3.63, 3.8) is 0 Å². The number of rotatable bonds is 2. The molecule has 4 heteroatoms. The maximum absolute atomic E-state index is 12.2. The van der Waals surface area contributed by atoms with Gasteiger partial charge in [-0.1, -0.05) is 13.8 Å². The van der Waals surface area contributed by atoms with Gasteiger partial charge in [0.15, 0.2) is 0 Å². The number of hydrogen-bond acceptors (Lipinski definition) is 4. The van der Waals surface area contributed by atoms with Crippen LogP contribution in [0.25, 0.3) is 0 Å². The maximum Gasteiger partial charge on any atom is 0.331 e. The Bertz CT molecular complexity index is 774. The lowest BCUT2D eigenvalue weighted by atomic mass is 9.44. The van der Waals surface area contributed by atoms with E-state index in [9.17, 15) is 9.59 Å². The Kier molecular flexibility index (Phi) is 4.59. The summed E-state index contributed by atoms with van der Waals surface area (Å²) in [5, 5.41) is 0. The molecule has 1 aliphatic heterocycles. The first-order valence-corrected chi connectivity index (χ1v) is 12.2. The minimum absolute atomic E-state index is 0.142. The fraction of sp³-hybridized carbons (Fsp3) is 0.840. The molecular weight excluding hydrogens is 380 g/mol. The van der Waals surface area contributed by atoms with Gasteiger partial charge in [0.1, 0.15) is 12.4 Å². The highest BCUT2D eigenvalue weighted by Crippen LogP contribution is 2.69. The van der Waals surface area contributed by atoms with Crippen LogP contribution >= 0.6 is 12.6 Å². The van der Waals surface area contributed by atoms with E-state index in [2.05, 4.69) is 13.8 Å². The van der Waals surface area contributed by atoms with Crippen molar-refractivity contribution in [2.75, 3.05) is 6.61 Å². The van der Waals surface area contributed by atoms with Crippen LogP contribution in [-0.4, -0.2) is 23.1 Å². The predicted octanol–water partition coefficient (Wildman–Crippen LogP) is 5.39. The highest BCUT2D eigenvalue weighted by atomic mass is 32.1. The van der Waals surface area contributed by atoms with Crippen LogP contribution < -0.4 is 0 Å². The molecule has 4 aliphatic carbocycles. The number of carbonyl (C=O) groups excluding carboxylic acids is 2. The highest BCUT2D eigenvalue weighted by molar-refractivity contribution is 7.82. The van der Waals surface area contributed by atoms with Crippen molar-refractivity contribution < 1.29 is 14.3 Å². The van der Waals surface area contributed by atoms with Crippen molar-refractivity contribution in [2.24, 2.45) is 40.4 Å². The molecule has 4 saturated carbocycles. The molecular formula is C25H36O3S. The van der Waals surface area contributed by atoms with Crippen LogP contribution in [0.2, 0.25) is 0 Å². The summed E-state index contributed by atoms with van der Waals surface area (Å²) in [5.74, 6) is 3.67. The molecule has 4 fully saturated rings. The number of carbonyl (C=O) groups is 2. The van der Waals surface area contributed by atoms with Crippen LogP contribution in [-0.2, 0) is 14.3 Å². The second kappa shape index (κ2) is 6.61. The average molecular weight is 417 g/mol. The molecule has 0 N–H and O–H groups in total. The average Bonchev–Trinajstić information content (AvgIpc) is 3.24. The zero-order chi connectivity index (χ0) is 20.6. The van der Waals surface area contributed by atoms with Gasteiger partial charge in [0, 0.05) is 6.08 Å². The van der Waals surface area contributed by atoms with Crippen molar-refractivity contribution >= 4 is 24.4 Å². The fourth-order valence-electron chi connectivity index (χ4n) is 8.76. The van der Waals surface area contributed by atoms with Gasteiger partial charge in [-0.3, -0.25) is 4.79 Å². The van der Waals surface area contributed by atoms with E-state index in [1.165, 1.54) is 44.1 Å². The Morgan fingerprint density at radius 2 is 1.79 bits per heavy atom. The normalized spacial score (nSPS) is 51.5. The van der Waals surface area contributed by atoms with Gasteiger partial charge < -0.3 is 4.74 Å². The van der Waals surface area contributed by atoms with Gasteiger partial charge in [-0.15, -0.1) is 0 Å². The predicted molar refractivity (Wildman–Crippen MR) is 117 cm³/mol. The third kappa shape index (κ3) is 2.83. The van der Waals surface area contributed by atoms with Gasteiger partial charge in [-0.05, 0) is 111 Å². The summed E-state index contributed by atoms with van der Waals surface area (Å²) >= 11 is 4.86. The summed E-state index contributed by atoms with van der Waals surface area (Å²) in [6, 6.07) is 0. The Morgan fingerprint density at radius 1 is 1.03 bits per heavy atom. The second-order valence-corrected chi connectivity index (χ2v) is 12.3. The zero-order valence-corrected chi connectivity index (χ0v) is 19.1. The molecule has 0 bridgehead atoms. The van der Waals surface area contributed by atoms with Gasteiger partial charge in [-0.2, -0.15) is 12.6 Å². The summed E-state index contributed by atoms with van der Waals surface area (Å²) in [5.41, 5.74) is 1.96. The number of cyclic esters (lactones) is 1. The van der Waals surface area contributed by atoms with Gasteiger partial charge in [-0.25, -0.2) is 4.79 Å². The first kappa shape index (κ1) is 20.2. The SMILES string of the molecule is CC(=O)[C@@]1(S)CC[C@@]2(C)[C@H](CC[C@@H]3[C@@H]2CC[C@]2(C)[C@@H](C4=CC(=O)OC4)CC[C@@H]32)C1. The first-order valence-electron chi connectivity index (χ1n) is 11.8. The summed E-state index contributed by atoms with van der Waals surface area (Å²) in [4.78, 5) is 23.9. The number of Topliss-reactive ketones (excluding diaryl/α,β-unsaturated/α-hetero) is 1. The zero-order valence-electron chi connectivity index (χ0n) is 18.2. The van der Waals surface area contributed by atoms with Gasteiger partial charge in [0.25, 0.3) is 0 Å². The number of thiol groups is 1. The number of hydrogen-bond donors (Lipinski definition) is 1. The highest BCUT2D eigenvalue weighted by Gasteiger charge is 2.61. The first-order chi connectivity index (χ1) is 13.7. The molecule has 0 aromatic carbocycles. The molecule has 5 aliphatic rings. The van der Waals surface area contributed by atoms with Crippen molar-refractivity contribution in [3.8, 4) is 0 Å². The largest absolute Gasteiger partial charge is 0.458 e. The lowest BCUT2D eigenvalue weighted by Gasteiger charge is -2.62. The second-order valence-electron chi connectivity index (χ2n) is 11.5. The van der Waals surface area contributed by atoms with Crippen molar-refractivity contribution in [1.82, 2.24) is 0 Å². The minimum atomic E-state index is -0.389. The Balaban J connectivity index is 1.39. The molecule has 3 nitrogen and oxygen atoms in total. The minimum Gasteiger partial charge on any atom is -0.458 e. The number of ketones is 1. The summed E-state index contributed by atoms with van der Waals surface area (Å²) in [6.45, 7) is 7.31. The molecule has 0 radical (unpaired) electrons. The Morgan fingerprint density at radius 3 is 2.48 bits per heavy atom. The molecule has 1 heterocycles. The Hall–Kier alpha value is -0.770. The third-order valence-electron chi connectivity index (χ3n) is 10.5. The molecule has 5 rings (SSSR count). The monoisotopic (exact) mass is 416 g/mol. The third-order valence-corrected chi connectivity index (χ3v) is 11.2. The van der Waals surface area contributed by atoms with Crippen LogP contribution in [0, 0.1) is 40.4 Å². The number of esters is 1. The van der Waals surface area contributed by atoms with Crippen LogP contribution in [0.3, 0.4) is 0 Å². The van der Waals surface area contributed by atoms with Crippen molar-refractivity contribution in [3.05, 3.63) is 11.6 Å². The van der Waals surface area contributed by atoms with E-state index in [1.54, 1.807) is 13.0 Å². The van der Waals surface area contributed by atoms with Crippen molar-refractivity contribution in [2.45, 2.75) is 83.3 Å². The summed E-state index contributed by atoms with van der Waals surface area (Å²) < 4.78 is 4.88. The van der Waals surface area contributed by atoms with Crippen LogP contribution in [0.4, 0.5) is 0 Å². The molecule has 0 unspecified atom stereocenters. The van der Waals surface area contributed by atoms with E-state index in [0.29, 0.717) is 29.3 Å². The van der Waals surface area contributed by atoms with E-state index in [4.69, 9.17) is 17.4 Å². The summed E-state index contributed by atoms with van der Waals surface area (Å²) in [6.07, 6.45) is 12.5. The molecule has 0 aromatic heterocycles. The van der Waals surface area contributed by atoms with Crippen LogP contribution in [0.15, 0.2) is 11.6 Å². The van der Waals surface area contributed by atoms with E-state index in [0.717, 1.165) is 37.0 Å². The number of ether oxygens (including phenoxy) is 1. The van der Waals surface area contributed by atoms with Crippen LogP contribution in [0.1, 0.15) is 78.6 Å². The van der Waals surface area contributed by atoms with Crippen molar-refractivity contribution in [1.29, 1.82) is 0 Å². The molecule has 8 atom stereocenters. The molecule has 0 saturated heterocycles. The Labute approximate surface area is 180 Å². The lowest BCUT2D eigenvalue weighted by molar-refractivity contribution is -0.135. The van der Waals surface area contributed by atoms with E-state index >= 15 is 0 Å². The molecule has 0 amide bonds. The van der Waals surface area contributed by atoms with Gasteiger partial charge in [0.05, 0.1) is 4.75 Å². The van der Waals surface area contributed by atoms with Crippen LogP contribution in [0.5, 0.6) is 0 Å².